The van der Waals surface area contributed by atoms with E-state index in [0.29, 0.717) is 5.88 Å². The van der Waals surface area contributed by atoms with Crippen LogP contribution in [0.5, 0.6) is 0 Å². The molecule has 1 N–H and O–H groups in total. The van der Waals surface area contributed by atoms with Crippen molar-refractivity contribution >= 4 is 21.6 Å². The number of allylic oxidation sites excluding steroid dienone is 1. The Morgan fingerprint density at radius 1 is 1.50 bits per heavy atom. The summed E-state index contributed by atoms with van der Waals surface area (Å²) in [6.07, 6.45) is 3.21. The second kappa shape index (κ2) is 6.00. The molecule has 68 valence electrons. The van der Waals surface area contributed by atoms with Gasteiger partial charge in [-0.2, -0.15) is 5.26 Å². The van der Waals surface area contributed by atoms with Gasteiger partial charge in [0.1, 0.15) is 0 Å². The monoisotopic (exact) mass is 208 g/mol. The lowest BCUT2D eigenvalue weighted by atomic mass is 10.5. The zero-order valence-electron chi connectivity index (χ0n) is 6.33. The number of sulfonamides is 1. The SMILES string of the molecule is N#CCS(=O)(=O)NC/C=C/CCl. The second-order valence-electron chi connectivity index (χ2n) is 1.89. The molecule has 0 spiro atoms. The standard InChI is InChI=1S/C6H9ClN2O2S/c7-3-1-2-5-9-12(10,11)6-4-8/h1-2,9H,3,5-6H2/b2-1+. The van der Waals surface area contributed by atoms with Gasteiger partial charge in [-0.3, -0.25) is 0 Å². The van der Waals surface area contributed by atoms with Crippen molar-refractivity contribution in [2.24, 2.45) is 0 Å². The zero-order valence-corrected chi connectivity index (χ0v) is 7.90. The molecule has 0 aromatic heterocycles. The summed E-state index contributed by atoms with van der Waals surface area (Å²) in [6.45, 7) is 0.177. The quantitative estimate of drug-likeness (QED) is 0.519. The third-order valence-corrected chi connectivity index (χ3v) is 2.23. The topological polar surface area (TPSA) is 70.0 Å². The zero-order chi connectivity index (χ0) is 9.45. The number of nitrogens with one attached hydrogen (secondary N) is 1. The van der Waals surface area contributed by atoms with Gasteiger partial charge in [-0.05, 0) is 0 Å². The summed E-state index contributed by atoms with van der Waals surface area (Å²) >= 11 is 5.30. The molecule has 12 heavy (non-hydrogen) atoms. The minimum Gasteiger partial charge on any atom is -0.211 e. The first-order valence-electron chi connectivity index (χ1n) is 3.17. The van der Waals surface area contributed by atoms with E-state index in [1.165, 1.54) is 0 Å². The number of alkyl halides is 1. The molecule has 0 bridgehead atoms. The molecular weight excluding hydrogens is 200 g/mol. The summed E-state index contributed by atoms with van der Waals surface area (Å²) in [4.78, 5) is 0. The molecule has 0 aliphatic rings. The predicted octanol–water partition coefficient (Wildman–Crippen LogP) is 0.224. The maximum Gasteiger partial charge on any atom is 0.225 e. The fourth-order valence-electron chi connectivity index (χ4n) is 0.457. The Morgan fingerprint density at radius 2 is 2.17 bits per heavy atom. The molecule has 0 aliphatic carbocycles. The van der Waals surface area contributed by atoms with Crippen molar-refractivity contribution < 1.29 is 8.42 Å². The Bertz CT molecular complexity index is 278. The molecule has 0 aromatic carbocycles. The second-order valence-corrected chi connectivity index (χ2v) is 4.01. The largest absolute Gasteiger partial charge is 0.225 e. The van der Waals surface area contributed by atoms with Gasteiger partial charge in [0.15, 0.2) is 5.75 Å². The normalized spacial score (nSPS) is 11.7. The number of hydrogen-bond donors (Lipinski definition) is 1. The summed E-state index contributed by atoms with van der Waals surface area (Å²) < 4.78 is 23.8. The molecule has 0 fully saturated rings. The number of hydrogen-bond acceptors (Lipinski definition) is 3. The highest BCUT2D eigenvalue weighted by Crippen LogP contribution is 1.82. The lowest BCUT2D eigenvalue weighted by Crippen LogP contribution is -2.25. The molecule has 0 radical (unpaired) electrons. The summed E-state index contributed by atoms with van der Waals surface area (Å²) in [7, 11) is -3.42. The Balaban J connectivity index is 3.79. The van der Waals surface area contributed by atoms with Gasteiger partial charge in [-0.1, -0.05) is 12.2 Å². The van der Waals surface area contributed by atoms with Crippen LogP contribution in [-0.4, -0.2) is 26.6 Å². The highest BCUT2D eigenvalue weighted by atomic mass is 35.5. The van der Waals surface area contributed by atoms with E-state index >= 15 is 0 Å². The maximum atomic E-state index is 10.8. The molecule has 0 saturated heterocycles. The lowest BCUT2D eigenvalue weighted by Gasteiger charge is -1.97. The van der Waals surface area contributed by atoms with Crippen LogP contribution in [0.15, 0.2) is 12.2 Å². The van der Waals surface area contributed by atoms with Crippen LogP contribution in [0.4, 0.5) is 0 Å². The van der Waals surface area contributed by atoms with E-state index in [4.69, 9.17) is 16.9 Å². The third-order valence-electron chi connectivity index (χ3n) is 0.931. The molecular formula is C6H9ClN2O2S. The van der Waals surface area contributed by atoms with Gasteiger partial charge in [0.05, 0.1) is 6.07 Å². The maximum absolute atomic E-state index is 10.8. The summed E-state index contributed by atoms with van der Waals surface area (Å²) in [5, 5.41) is 8.10. The van der Waals surface area contributed by atoms with Crippen molar-refractivity contribution in [3.05, 3.63) is 12.2 Å². The van der Waals surface area contributed by atoms with Crippen LogP contribution >= 0.6 is 11.6 Å². The number of halogens is 1. The van der Waals surface area contributed by atoms with Crippen LogP contribution in [0.1, 0.15) is 0 Å². The fourth-order valence-corrected chi connectivity index (χ4v) is 1.21. The van der Waals surface area contributed by atoms with Gasteiger partial charge >= 0.3 is 0 Å². The molecule has 0 saturated carbocycles. The van der Waals surface area contributed by atoms with Crippen LogP contribution in [0, 0.1) is 11.3 Å². The molecule has 0 rings (SSSR count). The highest BCUT2D eigenvalue weighted by molar-refractivity contribution is 7.89. The first-order valence-corrected chi connectivity index (χ1v) is 5.36. The van der Waals surface area contributed by atoms with Crippen LogP contribution in [0.2, 0.25) is 0 Å². The molecule has 0 aromatic rings. The summed E-state index contributed by atoms with van der Waals surface area (Å²) in [5.41, 5.74) is 0. The van der Waals surface area contributed by atoms with Gasteiger partial charge in [0, 0.05) is 12.4 Å². The fraction of sp³-hybridized carbons (Fsp3) is 0.500. The minimum absolute atomic E-state index is 0.177. The third kappa shape index (κ3) is 6.16. The summed E-state index contributed by atoms with van der Waals surface area (Å²) in [6, 6.07) is 1.55. The molecule has 0 heterocycles. The van der Waals surface area contributed by atoms with E-state index in [2.05, 4.69) is 4.72 Å². The van der Waals surface area contributed by atoms with E-state index in [0.717, 1.165) is 0 Å². The molecule has 0 atom stereocenters. The number of rotatable bonds is 5. The Morgan fingerprint density at radius 3 is 2.67 bits per heavy atom. The number of nitriles is 1. The average molecular weight is 209 g/mol. The van der Waals surface area contributed by atoms with Crippen molar-refractivity contribution in [3.63, 3.8) is 0 Å². The smallest absolute Gasteiger partial charge is 0.211 e. The molecule has 6 heteroatoms. The van der Waals surface area contributed by atoms with Crippen LogP contribution < -0.4 is 4.72 Å². The van der Waals surface area contributed by atoms with Gasteiger partial charge in [-0.15, -0.1) is 11.6 Å². The lowest BCUT2D eigenvalue weighted by molar-refractivity contribution is 0.589. The van der Waals surface area contributed by atoms with Crippen LogP contribution in [-0.2, 0) is 10.0 Å². The molecule has 4 nitrogen and oxygen atoms in total. The van der Waals surface area contributed by atoms with E-state index in [1.807, 2.05) is 0 Å². The van der Waals surface area contributed by atoms with Gasteiger partial charge < -0.3 is 0 Å². The van der Waals surface area contributed by atoms with Gasteiger partial charge in [0.25, 0.3) is 0 Å². The molecule has 0 unspecified atom stereocenters. The van der Waals surface area contributed by atoms with Crippen LogP contribution in [0.3, 0.4) is 0 Å². The van der Waals surface area contributed by atoms with E-state index in [9.17, 15) is 8.42 Å². The minimum atomic E-state index is -3.42. The molecule has 0 aliphatic heterocycles. The first kappa shape index (κ1) is 11.4. The Kier molecular flexibility index (Phi) is 5.72. The van der Waals surface area contributed by atoms with Crippen molar-refractivity contribution in [1.29, 1.82) is 5.26 Å². The van der Waals surface area contributed by atoms with E-state index < -0.39 is 15.8 Å². The van der Waals surface area contributed by atoms with Gasteiger partial charge in [-0.25, -0.2) is 13.1 Å². The number of nitrogens with zero attached hydrogens (tertiary/aromatic N) is 1. The average Bonchev–Trinajstić information content (AvgIpc) is 1.98. The van der Waals surface area contributed by atoms with Crippen molar-refractivity contribution in [1.82, 2.24) is 4.72 Å². The van der Waals surface area contributed by atoms with Crippen molar-refractivity contribution in [2.75, 3.05) is 18.2 Å². The van der Waals surface area contributed by atoms with Gasteiger partial charge in [0.2, 0.25) is 10.0 Å². The van der Waals surface area contributed by atoms with Crippen LogP contribution in [0.25, 0.3) is 0 Å². The Labute approximate surface area is 76.9 Å². The summed E-state index contributed by atoms with van der Waals surface area (Å²) in [5.74, 6) is -0.165. The van der Waals surface area contributed by atoms with E-state index in [-0.39, 0.29) is 6.54 Å². The molecule has 0 amide bonds. The Hall–Kier alpha value is -0.570. The van der Waals surface area contributed by atoms with Crippen molar-refractivity contribution in [3.8, 4) is 6.07 Å². The highest BCUT2D eigenvalue weighted by Gasteiger charge is 2.05. The first-order chi connectivity index (χ1) is 5.62. The van der Waals surface area contributed by atoms with Crippen molar-refractivity contribution in [2.45, 2.75) is 0 Å². The predicted molar refractivity (Wildman–Crippen MR) is 47.3 cm³/mol. The van der Waals surface area contributed by atoms with E-state index in [1.54, 1.807) is 18.2 Å².